The molecule has 0 aliphatic carbocycles. The van der Waals surface area contributed by atoms with Crippen molar-refractivity contribution in [1.82, 2.24) is 10.4 Å². The number of amides is 3. The number of anilines is 1. The number of carbonyl (C=O) groups is 2. The zero-order chi connectivity index (χ0) is 28.2. The van der Waals surface area contributed by atoms with Crippen LogP contribution in [0.4, 0.5) is 10.5 Å². The van der Waals surface area contributed by atoms with E-state index in [4.69, 9.17) is 44.9 Å². The Labute approximate surface area is 250 Å². The molecule has 0 atom stereocenters. The quantitative estimate of drug-likeness (QED) is 0.165. The van der Waals surface area contributed by atoms with Crippen molar-refractivity contribution in [2.45, 2.75) is 6.61 Å². The molecule has 0 saturated carbocycles. The lowest BCUT2D eigenvalue weighted by molar-refractivity contribution is -0.123. The molecule has 4 aromatic rings. The van der Waals surface area contributed by atoms with Crippen molar-refractivity contribution in [1.29, 1.82) is 0 Å². The lowest BCUT2D eigenvalue weighted by atomic mass is 10.1. The van der Waals surface area contributed by atoms with Crippen LogP contribution in [0.5, 0.6) is 11.5 Å². The number of urea groups is 1. The minimum atomic E-state index is -0.662. The lowest BCUT2D eigenvalue weighted by Crippen LogP contribution is -2.46. The SMILES string of the molecule is COc1cc(/C=C2/SC(=S)N(NC(=O)Nc3ccc(Cl)c(Cl)c3)C2=O)ccc1OCc1cccc2ccccc12. The summed E-state index contributed by atoms with van der Waals surface area (Å²) >= 11 is 18.3. The van der Waals surface area contributed by atoms with E-state index >= 15 is 0 Å². The van der Waals surface area contributed by atoms with Crippen molar-refractivity contribution in [3.63, 3.8) is 0 Å². The maximum Gasteiger partial charge on any atom is 0.338 e. The normalized spacial score (nSPS) is 14.1. The molecule has 0 spiro atoms. The summed E-state index contributed by atoms with van der Waals surface area (Å²) in [5, 5.41) is 6.52. The fourth-order valence-electron chi connectivity index (χ4n) is 4.02. The van der Waals surface area contributed by atoms with E-state index in [0.29, 0.717) is 39.3 Å². The Balaban J connectivity index is 1.26. The molecule has 0 unspecified atom stereocenters. The summed E-state index contributed by atoms with van der Waals surface area (Å²) in [5.41, 5.74) is 4.63. The first-order valence-corrected chi connectivity index (χ1v) is 13.9. The standard InChI is InChI=1S/C29H21Cl2N3O4S2/c1-37-25-13-17(9-12-24(25)38-16-19-7-4-6-18-5-2-3-8-21(18)19)14-26-27(35)34(29(39)40-26)33-28(36)32-20-10-11-22(30)23(31)15-20/h2-15H,16H2,1H3,(H2,32,33,36)/b26-14+. The molecule has 1 heterocycles. The molecular formula is C29H21Cl2N3O4S2. The third kappa shape index (κ3) is 6.18. The van der Waals surface area contributed by atoms with Crippen molar-refractivity contribution in [2.75, 3.05) is 12.4 Å². The van der Waals surface area contributed by atoms with Gasteiger partial charge in [-0.05, 0) is 70.5 Å². The Morgan fingerprint density at radius 2 is 1.80 bits per heavy atom. The monoisotopic (exact) mass is 609 g/mol. The van der Waals surface area contributed by atoms with Gasteiger partial charge in [0, 0.05) is 5.69 Å². The highest BCUT2D eigenvalue weighted by Gasteiger charge is 2.33. The number of hydrogen-bond donors (Lipinski definition) is 2. The molecular weight excluding hydrogens is 589 g/mol. The van der Waals surface area contributed by atoms with Crippen molar-refractivity contribution in [3.8, 4) is 11.5 Å². The molecule has 5 rings (SSSR count). The maximum absolute atomic E-state index is 13.0. The molecule has 1 saturated heterocycles. The minimum absolute atomic E-state index is 0.183. The summed E-state index contributed by atoms with van der Waals surface area (Å²) in [5.74, 6) is 0.624. The molecule has 0 radical (unpaired) electrons. The van der Waals surface area contributed by atoms with Crippen LogP contribution in [0.15, 0.2) is 83.8 Å². The van der Waals surface area contributed by atoms with Crippen LogP contribution in [0.2, 0.25) is 10.0 Å². The number of ether oxygens (including phenoxy) is 2. The highest BCUT2D eigenvalue weighted by atomic mass is 35.5. The van der Waals surface area contributed by atoms with Gasteiger partial charge >= 0.3 is 6.03 Å². The molecule has 7 nitrogen and oxygen atoms in total. The molecule has 4 aromatic carbocycles. The van der Waals surface area contributed by atoms with Crippen molar-refractivity contribution in [2.24, 2.45) is 0 Å². The van der Waals surface area contributed by atoms with Crippen molar-refractivity contribution < 1.29 is 19.1 Å². The summed E-state index contributed by atoms with van der Waals surface area (Å²) in [6.45, 7) is 0.367. The smallest absolute Gasteiger partial charge is 0.338 e. The van der Waals surface area contributed by atoms with E-state index in [0.717, 1.165) is 33.1 Å². The van der Waals surface area contributed by atoms with E-state index in [2.05, 4.69) is 28.9 Å². The predicted octanol–water partition coefficient (Wildman–Crippen LogP) is 7.67. The number of fused-ring (bicyclic) bond motifs is 1. The number of nitrogens with zero attached hydrogens (tertiary/aromatic N) is 1. The Kier molecular flexibility index (Phi) is 8.46. The average molecular weight is 611 g/mol. The Morgan fingerprint density at radius 1 is 1.00 bits per heavy atom. The number of methoxy groups -OCH3 is 1. The Hall–Kier alpha value is -3.76. The summed E-state index contributed by atoms with van der Waals surface area (Å²) in [7, 11) is 1.56. The number of hydrazine groups is 1. The third-order valence-corrected chi connectivity index (χ3v) is 7.97. The van der Waals surface area contributed by atoms with Crippen LogP contribution in [0.1, 0.15) is 11.1 Å². The number of nitrogens with one attached hydrogen (secondary N) is 2. The first-order chi connectivity index (χ1) is 19.3. The van der Waals surface area contributed by atoms with E-state index in [1.54, 1.807) is 37.5 Å². The number of carbonyl (C=O) groups excluding carboxylic acids is 2. The molecule has 2 N–H and O–H groups in total. The predicted molar refractivity (Wildman–Crippen MR) is 165 cm³/mol. The van der Waals surface area contributed by atoms with Gasteiger partial charge in [0.05, 0.1) is 22.1 Å². The van der Waals surface area contributed by atoms with E-state index in [-0.39, 0.29) is 9.34 Å². The molecule has 1 aliphatic rings. The molecule has 3 amide bonds. The fraction of sp³-hybridized carbons (Fsp3) is 0.0690. The molecule has 0 aromatic heterocycles. The van der Waals surface area contributed by atoms with Gasteiger partial charge in [0.25, 0.3) is 5.91 Å². The second-order valence-electron chi connectivity index (χ2n) is 8.55. The van der Waals surface area contributed by atoms with Gasteiger partial charge in [-0.1, -0.05) is 83.5 Å². The average Bonchev–Trinajstić information content (AvgIpc) is 3.21. The van der Waals surface area contributed by atoms with Gasteiger partial charge < -0.3 is 14.8 Å². The molecule has 40 heavy (non-hydrogen) atoms. The van der Waals surface area contributed by atoms with Crippen molar-refractivity contribution in [3.05, 3.63) is 105 Å². The number of halogens is 2. The number of thiocarbonyl (C=S) groups is 1. The zero-order valence-electron chi connectivity index (χ0n) is 20.9. The summed E-state index contributed by atoms with van der Waals surface area (Å²) < 4.78 is 11.8. The second kappa shape index (κ2) is 12.2. The van der Waals surface area contributed by atoms with Crippen LogP contribution >= 0.6 is 47.2 Å². The van der Waals surface area contributed by atoms with Gasteiger partial charge in [-0.15, -0.1) is 0 Å². The molecule has 1 aliphatic heterocycles. The summed E-state index contributed by atoms with van der Waals surface area (Å²) in [6.07, 6.45) is 1.68. The molecule has 0 bridgehead atoms. The van der Waals surface area contributed by atoms with Crippen LogP contribution < -0.4 is 20.2 Å². The van der Waals surface area contributed by atoms with Crippen LogP contribution in [0.3, 0.4) is 0 Å². The highest BCUT2D eigenvalue weighted by Crippen LogP contribution is 2.35. The van der Waals surface area contributed by atoms with E-state index < -0.39 is 11.9 Å². The second-order valence-corrected chi connectivity index (χ2v) is 11.0. The van der Waals surface area contributed by atoms with Crippen LogP contribution in [0, 0.1) is 0 Å². The van der Waals surface area contributed by atoms with E-state index in [1.807, 2.05) is 30.3 Å². The lowest BCUT2D eigenvalue weighted by Gasteiger charge is -2.16. The van der Waals surface area contributed by atoms with Gasteiger partial charge in [0.1, 0.15) is 6.61 Å². The highest BCUT2D eigenvalue weighted by molar-refractivity contribution is 8.26. The van der Waals surface area contributed by atoms with Gasteiger partial charge in [0.2, 0.25) is 0 Å². The van der Waals surface area contributed by atoms with Crippen LogP contribution in [0.25, 0.3) is 16.8 Å². The van der Waals surface area contributed by atoms with Gasteiger partial charge in [-0.25, -0.2) is 10.2 Å². The molecule has 11 heteroatoms. The summed E-state index contributed by atoms with van der Waals surface area (Å²) in [4.78, 5) is 25.8. The Morgan fingerprint density at radius 3 is 2.60 bits per heavy atom. The topological polar surface area (TPSA) is 79.9 Å². The van der Waals surface area contributed by atoms with E-state index in [1.165, 1.54) is 6.07 Å². The first kappa shape index (κ1) is 27.8. The van der Waals surface area contributed by atoms with Gasteiger partial charge in [0.15, 0.2) is 15.8 Å². The van der Waals surface area contributed by atoms with E-state index in [9.17, 15) is 9.59 Å². The number of hydrogen-bond acceptors (Lipinski definition) is 6. The number of rotatable bonds is 7. The van der Waals surface area contributed by atoms with Crippen LogP contribution in [-0.2, 0) is 11.4 Å². The van der Waals surface area contributed by atoms with Gasteiger partial charge in [-0.2, -0.15) is 5.01 Å². The van der Waals surface area contributed by atoms with Crippen LogP contribution in [-0.4, -0.2) is 28.4 Å². The molecule has 202 valence electrons. The fourth-order valence-corrected chi connectivity index (χ4v) is 5.49. The largest absolute Gasteiger partial charge is 0.493 e. The summed E-state index contributed by atoms with van der Waals surface area (Å²) in [6, 6.07) is 23.6. The van der Waals surface area contributed by atoms with Crippen molar-refractivity contribution >= 4 is 86.0 Å². The number of benzene rings is 4. The first-order valence-electron chi connectivity index (χ1n) is 11.9. The third-order valence-electron chi connectivity index (χ3n) is 5.93. The number of thioether (sulfide) groups is 1. The molecule has 1 fully saturated rings. The zero-order valence-corrected chi connectivity index (χ0v) is 24.1. The maximum atomic E-state index is 13.0. The Bertz CT molecular complexity index is 1670. The minimum Gasteiger partial charge on any atom is -0.493 e. The van der Waals surface area contributed by atoms with Gasteiger partial charge in [-0.3, -0.25) is 4.79 Å².